The van der Waals surface area contributed by atoms with Gasteiger partial charge in [-0.25, -0.2) is 0 Å². The van der Waals surface area contributed by atoms with Crippen molar-refractivity contribution in [3.63, 3.8) is 0 Å². The minimum absolute atomic E-state index is 0.156. The molecule has 0 aliphatic carbocycles. The van der Waals surface area contributed by atoms with E-state index in [-0.39, 0.29) is 39.1 Å². The summed E-state index contributed by atoms with van der Waals surface area (Å²) in [6.07, 6.45) is 1.20. The second kappa shape index (κ2) is 29.4. The molecular weight excluding hydrogens is 517 g/mol. The summed E-state index contributed by atoms with van der Waals surface area (Å²) in [5.41, 5.74) is -0.667. The molecule has 6 N–H and O–H groups in total. The first-order valence-corrected chi connectivity index (χ1v) is 14.4. The Morgan fingerprint density at radius 3 is 0.933 bits per heavy atom. The van der Waals surface area contributed by atoms with Crippen LogP contribution in [0.5, 0.6) is 0 Å². The largest absolute Gasteiger partial charge is 0.481 e. The van der Waals surface area contributed by atoms with Crippen LogP contribution < -0.4 is 0 Å². The van der Waals surface area contributed by atoms with Crippen molar-refractivity contribution in [1.82, 2.24) is 0 Å². The van der Waals surface area contributed by atoms with Gasteiger partial charge in [-0.2, -0.15) is 0 Å². The molecule has 0 amide bonds. The average Bonchev–Trinajstić information content (AvgIpc) is 2.72. The predicted molar refractivity (Wildman–Crippen MR) is 135 cm³/mol. The minimum Gasteiger partial charge on any atom is -0.481 e. The van der Waals surface area contributed by atoms with Gasteiger partial charge in [-0.3, -0.25) is 14.4 Å². The van der Waals surface area contributed by atoms with E-state index in [4.69, 9.17) is 30.6 Å². The molecule has 182 valence electrons. The van der Waals surface area contributed by atoms with Crippen LogP contribution in [-0.4, -0.2) is 85.6 Å². The third-order valence-electron chi connectivity index (χ3n) is 2.98. The summed E-state index contributed by atoms with van der Waals surface area (Å²) in [5.74, 6) is -0.542. The summed E-state index contributed by atoms with van der Waals surface area (Å²) < 4.78 is 0. The highest BCUT2D eigenvalue weighted by Gasteiger charge is 2.24. The molecule has 0 fully saturated rings. The van der Waals surface area contributed by atoms with E-state index in [1.54, 1.807) is 0 Å². The topological polar surface area (TPSA) is 173 Å². The second-order valence-electron chi connectivity index (χ2n) is 5.26. The van der Waals surface area contributed by atoms with Crippen molar-refractivity contribution < 1.29 is 45.0 Å². The molecule has 0 spiro atoms. The zero-order valence-electron chi connectivity index (χ0n) is 16.5. The Labute approximate surface area is 204 Å². The molecule has 0 bridgehead atoms. The molecule has 0 radical (unpaired) electrons. The lowest BCUT2D eigenvalue weighted by atomic mass is 9.88. The van der Waals surface area contributed by atoms with Crippen LogP contribution in [0.15, 0.2) is 0 Å². The Morgan fingerprint density at radius 2 is 0.900 bits per heavy atom. The van der Waals surface area contributed by atoms with Gasteiger partial charge in [0.25, 0.3) is 0 Å². The van der Waals surface area contributed by atoms with E-state index < -0.39 is 23.3 Å². The van der Waals surface area contributed by atoms with Gasteiger partial charge in [0.15, 0.2) is 0 Å². The van der Waals surface area contributed by atoms with Crippen LogP contribution in [0.25, 0.3) is 0 Å². The monoisotopic (exact) mass is 548 g/mol. The van der Waals surface area contributed by atoms with Crippen molar-refractivity contribution in [2.24, 2.45) is 5.41 Å². The third-order valence-corrected chi connectivity index (χ3v) is 5.78. The Morgan fingerprint density at radius 1 is 0.667 bits per heavy atom. The predicted octanol–water partition coefficient (Wildman–Crippen LogP) is 2.48. The van der Waals surface area contributed by atoms with Gasteiger partial charge < -0.3 is 30.6 Å². The number of carboxylic acids is 3. The van der Waals surface area contributed by atoms with Crippen LogP contribution in [0.1, 0.15) is 32.6 Å². The maximum absolute atomic E-state index is 9.71. The van der Waals surface area contributed by atoms with Crippen LogP contribution >= 0.6 is 67.4 Å². The first-order chi connectivity index (χ1) is 14.1. The summed E-state index contributed by atoms with van der Waals surface area (Å²) in [6, 6.07) is 0. The van der Waals surface area contributed by atoms with E-state index >= 15 is 0 Å². The van der Waals surface area contributed by atoms with Gasteiger partial charge in [0.05, 0.1) is 39.1 Å². The molecule has 0 aliphatic rings. The smallest absolute Gasteiger partial charge is 0.304 e. The first kappa shape index (κ1) is 37.7. The quantitative estimate of drug-likeness (QED) is 0.122. The number of rotatable bonds is 13. The molecule has 0 unspecified atom stereocenters. The number of hydrogen-bond donors (Lipinski definition) is 9. The van der Waals surface area contributed by atoms with E-state index in [9.17, 15) is 14.4 Å². The van der Waals surface area contributed by atoms with Gasteiger partial charge in [0, 0.05) is 22.7 Å². The summed E-state index contributed by atoms with van der Waals surface area (Å²) in [7, 11) is 3.73. The van der Waals surface area contributed by atoms with Gasteiger partial charge >= 0.3 is 17.9 Å². The highest BCUT2D eigenvalue weighted by Crippen LogP contribution is 2.18. The van der Waals surface area contributed by atoms with Crippen molar-refractivity contribution in [1.29, 1.82) is 0 Å². The molecule has 0 saturated heterocycles. The SMILES string of the molecule is CCC(CO)(CO)CO.O=C(O)CCSS.O=C(O)CCSS.O=C(O)CCSS. The number of aliphatic hydroxyl groups excluding tert-OH is 3. The highest BCUT2D eigenvalue weighted by molar-refractivity contribution is 8.69. The van der Waals surface area contributed by atoms with Gasteiger partial charge in [-0.15, -0.1) is 35.0 Å². The number of carboxylic acid groups (broad SMARTS) is 3. The fraction of sp³-hybridized carbons (Fsp3) is 0.800. The van der Waals surface area contributed by atoms with Crippen molar-refractivity contribution in [3.8, 4) is 0 Å². The van der Waals surface area contributed by atoms with E-state index in [2.05, 4.69) is 35.0 Å². The number of carbonyl (C=O) groups is 3. The Hall–Kier alpha value is 0.390. The lowest BCUT2D eigenvalue weighted by molar-refractivity contribution is -0.137. The van der Waals surface area contributed by atoms with Gasteiger partial charge in [-0.05, 0) is 6.42 Å². The van der Waals surface area contributed by atoms with Gasteiger partial charge in [0.1, 0.15) is 0 Å². The summed E-state index contributed by atoms with van der Waals surface area (Å²) in [5, 5.41) is 50.0. The summed E-state index contributed by atoms with van der Waals surface area (Å²) in [4.78, 5) is 29.1. The number of aliphatic carboxylic acids is 3. The molecular formula is C15H32O9S6. The Balaban J connectivity index is -0.000000151. The van der Waals surface area contributed by atoms with E-state index in [1.165, 1.54) is 32.4 Å². The second-order valence-corrected chi connectivity index (χ2v) is 9.58. The summed E-state index contributed by atoms with van der Waals surface area (Å²) >= 11 is 11.2. The first-order valence-electron chi connectivity index (χ1n) is 8.33. The molecule has 30 heavy (non-hydrogen) atoms. The maximum Gasteiger partial charge on any atom is 0.304 e. The van der Waals surface area contributed by atoms with Crippen molar-refractivity contribution >= 4 is 85.3 Å². The van der Waals surface area contributed by atoms with E-state index in [0.29, 0.717) is 23.7 Å². The molecule has 0 aliphatic heterocycles. The zero-order chi connectivity index (χ0) is 24.4. The normalized spacial score (nSPS) is 9.70. The van der Waals surface area contributed by atoms with Crippen molar-refractivity contribution in [3.05, 3.63) is 0 Å². The van der Waals surface area contributed by atoms with Crippen molar-refractivity contribution in [2.45, 2.75) is 32.6 Å². The highest BCUT2D eigenvalue weighted by atomic mass is 33.1. The van der Waals surface area contributed by atoms with Gasteiger partial charge in [-0.1, -0.05) is 39.3 Å². The maximum atomic E-state index is 9.71. The van der Waals surface area contributed by atoms with Crippen molar-refractivity contribution in [2.75, 3.05) is 37.1 Å². The molecule has 0 aromatic heterocycles. The molecule has 9 nitrogen and oxygen atoms in total. The Kier molecular flexibility index (Phi) is 36.9. The van der Waals surface area contributed by atoms with E-state index in [0.717, 1.165) is 0 Å². The number of thiol groups is 3. The number of hydrogen-bond acceptors (Lipinski definition) is 12. The van der Waals surface area contributed by atoms with Crippen LogP contribution in [0.3, 0.4) is 0 Å². The molecule has 0 saturated carbocycles. The lowest BCUT2D eigenvalue weighted by Crippen LogP contribution is -2.32. The molecule has 0 heterocycles. The molecule has 0 atom stereocenters. The number of aliphatic hydroxyl groups is 3. The van der Waals surface area contributed by atoms with Crippen LogP contribution in [0.4, 0.5) is 0 Å². The molecule has 0 aromatic carbocycles. The fourth-order valence-corrected chi connectivity index (χ4v) is 2.50. The van der Waals surface area contributed by atoms with Gasteiger partial charge in [0.2, 0.25) is 0 Å². The van der Waals surface area contributed by atoms with Crippen LogP contribution in [-0.2, 0) is 14.4 Å². The molecule has 15 heteroatoms. The fourth-order valence-electron chi connectivity index (χ4n) is 0.884. The average molecular weight is 549 g/mol. The Bertz CT molecular complexity index is 352. The minimum atomic E-state index is -0.762. The van der Waals surface area contributed by atoms with E-state index in [1.807, 2.05) is 6.92 Å². The summed E-state index contributed by atoms with van der Waals surface area (Å²) in [6.45, 7) is 1.35. The zero-order valence-corrected chi connectivity index (χ0v) is 21.7. The lowest BCUT2D eigenvalue weighted by Gasteiger charge is -2.24. The van der Waals surface area contributed by atoms with Crippen LogP contribution in [0, 0.1) is 5.41 Å². The third kappa shape index (κ3) is 35.8. The van der Waals surface area contributed by atoms with Crippen LogP contribution in [0.2, 0.25) is 0 Å². The molecule has 0 rings (SSSR count). The standard InChI is InChI=1S/C6H14O3.3C3H6O2S2/c1-2-6(3-7,4-8)5-9;3*4-3(5)1-2-7-6/h7-9H,2-5H2,1H3;3*6H,1-2H2,(H,4,5). The molecule has 0 aromatic rings.